The predicted octanol–water partition coefficient (Wildman–Crippen LogP) is 20.5. The van der Waals surface area contributed by atoms with Gasteiger partial charge in [-0.3, -0.25) is 0 Å². The Morgan fingerprint density at radius 2 is 0.919 bits per heavy atom. The molecule has 4 heterocycles. The molecule has 0 amide bonds. The molecule has 0 aliphatic heterocycles. The largest absolute Gasteiger partial charge is 0.458 e. The van der Waals surface area contributed by atoms with Crippen LogP contribution in [0.25, 0.3) is 104 Å². The highest BCUT2D eigenvalue weighted by Crippen LogP contribution is 2.48. The van der Waals surface area contributed by atoms with Crippen molar-refractivity contribution in [3.8, 4) is 0 Å². The number of nitrogens with zero attached hydrogens (tertiary/aromatic N) is 2. The van der Waals surface area contributed by atoms with Crippen LogP contribution in [0.15, 0.2) is 212 Å². The van der Waals surface area contributed by atoms with Gasteiger partial charge in [-0.1, -0.05) is 125 Å². The van der Waals surface area contributed by atoms with Gasteiger partial charge in [-0.25, -0.2) is 0 Å². The second-order valence-electron chi connectivity index (χ2n) is 20.8. The summed E-state index contributed by atoms with van der Waals surface area (Å²) in [5.41, 5.74) is 14.8. The van der Waals surface area contributed by atoms with Crippen molar-refractivity contribution >= 4 is 133 Å². The molecule has 0 saturated heterocycles. The van der Waals surface area contributed by atoms with E-state index in [9.17, 15) is 0 Å². The Bertz CT molecular complexity index is 4600. The lowest BCUT2D eigenvalue weighted by Gasteiger charge is -2.34. The molecule has 6 nitrogen and oxygen atoms in total. The smallest absolute Gasteiger partial charge is 0.178 e. The van der Waals surface area contributed by atoms with E-state index in [-0.39, 0.29) is 6.04 Å². The molecule has 0 radical (unpaired) electrons. The summed E-state index contributed by atoms with van der Waals surface area (Å²) in [5, 5.41) is 11.9. The van der Waals surface area contributed by atoms with Crippen LogP contribution in [0.1, 0.15) is 74.4 Å². The molecule has 356 valence electrons. The van der Waals surface area contributed by atoms with E-state index in [2.05, 4.69) is 220 Å². The number of rotatable bonds is 8. The molecule has 1 unspecified atom stereocenters. The Morgan fingerprint density at radius 1 is 0.392 bits per heavy atom. The van der Waals surface area contributed by atoms with Gasteiger partial charge >= 0.3 is 0 Å². The van der Waals surface area contributed by atoms with Crippen LogP contribution in [0, 0.1) is 0 Å². The van der Waals surface area contributed by atoms with Crippen LogP contribution in [-0.2, 0) is 0 Å². The molecule has 4 aromatic heterocycles. The number of fused-ring (bicyclic) bond motifs is 15. The molecule has 74 heavy (non-hydrogen) atoms. The summed E-state index contributed by atoms with van der Waals surface area (Å²) in [6.07, 6.45) is 5.33. The van der Waals surface area contributed by atoms with Crippen LogP contribution >= 0.6 is 0 Å². The quantitative estimate of drug-likeness (QED) is 0.151. The van der Waals surface area contributed by atoms with Gasteiger partial charge in [0.25, 0.3) is 0 Å². The third-order valence-corrected chi connectivity index (χ3v) is 15.7. The lowest BCUT2D eigenvalue weighted by atomic mass is 9.95. The van der Waals surface area contributed by atoms with Crippen LogP contribution in [0.4, 0.5) is 28.4 Å². The molecule has 0 N–H and O–H groups in total. The molecule has 1 aliphatic rings. The van der Waals surface area contributed by atoms with Crippen molar-refractivity contribution in [2.75, 3.05) is 9.80 Å². The average molecular weight is 959 g/mol. The van der Waals surface area contributed by atoms with Gasteiger partial charge in [-0.2, -0.15) is 0 Å². The zero-order valence-corrected chi connectivity index (χ0v) is 41.5. The number of hydrogen-bond donors (Lipinski definition) is 0. The Morgan fingerprint density at radius 3 is 1.57 bits per heavy atom. The average Bonchev–Trinajstić information content (AvgIpc) is 4.21. The maximum absolute atomic E-state index is 6.90. The number of benzene rings is 10. The fourth-order valence-corrected chi connectivity index (χ4v) is 11.8. The van der Waals surface area contributed by atoms with E-state index >= 15 is 0 Å². The molecule has 0 saturated carbocycles. The van der Waals surface area contributed by atoms with Gasteiger partial charge < -0.3 is 27.5 Å². The molecule has 0 fully saturated rings. The summed E-state index contributed by atoms with van der Waals surface area (Å²) < 4.78 is 27.1. The van der Waals surface area contributed by atoms with Gasteiger partial charge in [-0.15, -0.1) is 0 Å². The first-order valence-electron chi connectivity index (χ1n) is 25.9. The first kappa shape index (κ1) is 42.7. The molecule has 6 heteroatoms. The number of para-hydroxylation sites is 3. The Labute approximate surface area is 426 Å². The summed E-state index contributed by atoms with van der Waals surface area (Å²) in [5.74, 6) is 1.85. The van der Waals surface area contributed by atoms with Crippen molar-refractivity contribution in [1.29, 1.82) is 0 Å². The number of anilines is 5. The molecule has 14 aromatic rings. The van der Waals surface area contributed by atoms with Gasteiger partial charge in [0.2, 0.25) is 0 Å². The Kier molecular flexibility index (Phi) is 9.37. The highest BCUT2D eigenvalue weighted by Gasteiger charge is 2.31. The molecule has 1 atom stereocenters. The van der Waals surface area contributed by atoms with Crippen molar-refractivity contribution in [3.63, 3.8) is 0 Å². The monoisotopic (exact) mass is 958 g/mol. The van der Waals surface area contributed by atoms with E-state index in [0.717, 1.165) is 145 Å². The fourth-order valence-electron chi connectivity index (χ4n) is 11.8. The normalized spacial score (nSPS) is 13.9. The van der Waals surface area contributed by atoms with Crippen LogP contribution in [0.3, 0.4) is 0 Å². The SMILES string of the molecule is CC(C)c1ccc(N(c2ccc3cc4c(cc3c2)oc2c4ccc3c4cc5ccc(N(c6ccc(C(C)C)cc6)C6CC=Cc7c6oc6ccccc76)cc5cc4oc32)c2cccc3c2oc2ccccc23)cc1. The van der Waals surface area contributed by atoms with Gasteiger partial charge in [0.15, 0.2) is 16.7 Å². The molecular weight excluding hydrogens is 909 g/mol. The van der Waals surface area contributed by atoms with Gasteiger partial charge in [0.05, 0.1) is 11.7 Å². The molecule has 10 aromatic carbocycles. The number of hydrogen-bond acceptors (Lipinski definition) is 6. The lowest BCUT2D eigenvalue weighted by Crippen LogP contribution is -2.25. The number of furan rings is 4. The fraction of sp³-hybridized carbons (Fsp3) is 0.118. The van der Waals surface area contributed by atoms with Gasteiger partial charge in [-0.05, 0) is 154 Å². The molecule has 0 spiro atoms. The molecule has 0 bridgehead atoms. The van der Waals surface area contributed by atoms with Crippen molar-refractivity contribution < 1.29 is 17.7 Å². The third-order valence-electron chi connectivity index (χ3n) is 15.7. The summed E-state index contributed by atoms with van der Waals surface area (Å²) in [6, 6.07) is 67.7. The maximum atomic E-state index is 6.90. The predicted molar refractivity (Wildman–Crippen MR) is 307 cm³/mol. The Hall–Kier alpha value is -9.00. The van der Waals surface area contributed by atoms with Crippen molar-refractivity contribution in [2.24, 2.45) is 0 Å². The minimum atomic E-state index is -0.0391. The van der Waals surface area contributed by atoms with Crippen molar-refractivity contribution in [1.82, 2.24) is 0 Å². The first-order valence-corrected chi connectivity index (χ1v) is 25.9. The van der Waals surface area contributed by atoms with Crippen LogP contribution in [0.2, 0.25) is 0 Å². The van der Waals surface area contributed by atoms with Crippen molar-refractivity contribution in [2.45, 2.75) is 52.0 Å². The van der Waals surface area contributed by atoms with Gasteiger partial charge in [0.1, 0.15) is 28.1 Å². The highest BCUT2D eigenvalue weighted by molar-refractivity contribution is 6.21. The second-order valence-corrected chi connectivity index (χ2v) is 20.8. The summed E-state index contributed by atoms with van der Waals surface area (Å²) in [6.45, 7) is 8.95. The second kappa shape index (κ2) is 16.3. The van der Waals surface area contributed by atoms with E-state index in [1.54, 1.807) is 0 Å². The minimum absolute atomic E-state index is 0.0391. The van der Waals surface area contributed by atoms with E-state index in [1.165, 1.54) is 11.1 Å². The van der Waals surface area contributed by atoms with Crippen LogP contribution < -0.4 is 9.80 Å². The first-order chi connectivity index (χ1) is 36.3. The van der Waals surface area contributed by atoms with E-state index in [0.29, 0.717) is 11.8 Å². The summed E-state index contributed by atoms with van der Waals surface area (Å²) in [7, 11) is 0. The van der Waals surface area contributed by atoms with Crippen LogP contribution in [0.5, 0.6) is 0 Å². The van der Waals surface area contributed by atoms with Crippen molar-refractivity contribution in [3.05, 3.63) is 217 Å². The highest BCUT2D eigenvalue weighted by atomic mass is 16.4. The van der Waals surface area contributed by atoms with E-state index in [4.69, 9.17) is 17.7 Å². The molecule has 15 rings (SSSR count). The van der Waals surface area contributed by atoms with E-state index < -0.39 is 0 Å². The zero-order chi connectivity index (χ0) is 49.3. The molecular formula is C68H50N2O4. The van der Waals surface area contributed by atoms with E-state index in [1.807, 2.05) is 18.2 Å². The zero-order valence-electron chi connectivity index (χ0n) is 41.5. The molecule has 1 aliphatic carbocycles. The third kappa shape index (κ3) is 6.57. The standard InChI is InChI=1S/C68H50N2O4/c1-39(2)41-19-25-47(26-20-41)69(59-15-9-13-53-51-11-5-7-17-61(51)71-65(53)59)49-29-23-43-35-57-55-31-32-56-58-36-44-24-30-50(34-46(44)38-64(58)74-68(56)67(55)73-63(57)37-45(43)33-49)70(48-27-21-42(22-28-48)40(3)4)60-16-10-14-54-52-12-6-8-18-62(52)72-66(54)60/h5-15,17-40,60H,16H2,1-4H3. The van der Waals surface area contributed by atoms with Crippen LogP contribution in [-0.4, -0.2) is 0 Å². The minimum Gasteiger partial charge on any atom is -0.458 e. The Balaban J connectivity index is 0.841. The summed E-state index contributed by atoms with van der Waals surface area (Å²) >= 11 is 0. The maximum Gasteiger partial charge on any atom is 0.178 e. The topological polar surface area (TPSA) is 59.0 Å². The summed E-state index contributed by atoms with van der Waals surface area (Å²) in [4.78, 5) is 4.76. The lowest BCUT2D eigenvalue weighted by molar-refractivity contribution is 0.488. The van der Waals surface area contributed by atoms with Gasteiger partial charge in [0, 0.05) is 66.0 Å².